The molecule has 0 aliphatic carbocycles. The molecular formula is C17H18O3S. The van der Waals surface area contributed by atoms with Crippen molar-refractivity contribution in [3.63, 3.8) is 0 Å². The van der Waals surface area contributed by atoms with Gasteiger partial charge in [0.1, 0.15) is 11.5 Å². The Morgan fingerprint density at radius 3 is 2.48 bits per heavy atom. The van der Waals surface area contributed by atoms with Gasteiger partial charge in [0.25, 0.3) is 0 Å². The summed E-state index contributed by atoms with van der Waals surface area (Å²) in [6.07, 6.45) is 0. The van der Waals surface area contributed by atoms with Crippen molar-refractivity contribution < 1.29 is 14.3 Å². The van der Waals surface area contributed by atoms with Crippen LogP contribution in [0, 0.1) is 0 Å². The second-order valence-electron chi connectivity index (χ2n) is 4.42. The van der Waals surface area contributed by atoms with Gasteiger partial charge in [-0.05, 0) is 43.3 Å². The highest BCUT2D eigenvalue weighted by Gasteiger charge is 2.06. The van der Waals surface area contributed by atoms with Gasteiger partial charge in [0.15, 0.2) is 5.78 Å². The van der Waals surface area contributed by atoms with E-state index in [1.807, 2.05) is 42.5 Å². The number of benzene rings is 2. The summed E-state index contributed by atoms with van der Waals surface area (Å²) >= 11 is 1.71. The van der Waals surface area contributed by atoms with Gasteiger partial charge in [-0.2, -0.15) is 0 Å². The van der Waals surface area contributed by atoms with Crippen molar-refractivity contribution in [2.75, 3.05) is 19.5 Å². The third-order valence-electron chi connectivity index (χ3n) is 2.94. The van der Waals surface area contributed by atoms with Crippen LogP contribution >= 0.6 is 11.8 Å². The standard InChI is InChI=1S/C17H18O3S/c1-13(18)16-5-3-4-6-17(16)20-11-12-21-15-9-7-14(19-2)8-10-15/h3-10H,11-12H2,1-2H3. The highest BCUT2D eigenvalue weighted by atomic mass is 32.2. The first-order chi connectivity index (χ1) is 10.2. The molecular weight excluding hydrogens is 284 g/mol. The summed E-state index contributed by atoms with van der Waals surface area (Å²) in [4.78, 5) is 12.6. The van der Waals surface area contributed by atoms with E-state index < -0.39 is 0 Å². The zero-order valence-corrected chi connectivity index (χ0v) is 13.0. The summed E-state index contributed by atoms with van der Waals surface area (Å²) in [7, 11) is 1.66. The smallest absolute Gasteiger partial charge is 0.163 e. The Balaban J connectivity index is 1.83. The van der Waals surface area contributed by atoms with Crippen LogP contribution in [-0.4, -0.2) is 25.3 Å². The first kappa shape index (κ1) is 15.4. The zero-order chi connectivity index (χ0) is 15.1. The van der Waals surface area contributed by atoms with Crippen molar-refractivity contribution in [3.05, 3.63) is 54.1 Å². The fourth-order valence-corrected chi connectivity index (χ4v) is 2.60. The number of carbonyl (C=O) groups is 1. The minimum absolute atomic E-state index is 0.0217. The van der Waals surface area contributed by atoms with Crippen molar-refractivity contribution in [2.45, 2.75) is 11.8 Å². The van der Waals surface area contributed by atoms with E-state index in [9.17, 15) is 4.79 Å². The Labute approximate surface area is 129 Å². The van der Waals surface area contributed by atoms with Gasteiger partial charge in [-0.1, -0.05) is 12.1 Å². The topological polar surface area (TPSA) is 35.5 Å². The van der Waals surface area contributed by atoms with Crippen LogP contribution < -0.4 is 9.47 Å². The van der Waals surface area contributed by atoms with E-state index >= 15 is 0 Å². The third kappa shape index (κ3) is 4.53. The summed E-state index contributed by atoms with van der Waals surface area (Å²) < 4.78 is 10.8. The molecule has 110 valence electrons. The molecule has 0 aromatic heterocycles. The molecule has 2 aromatic carbocycles. The van der Waals surface area contributed by atoms with Crippen molar-refractivity contribution in [2.24, 2.45) is 0 Å². The van der Waals surface area contributed by atoms with E-state index in [0.717, 1.165) is 11.5 Å². The lowest BCUT2D eigenvalue weighted by atomic mass is 10.1. The van der Waals surface area contributed by atoms with Crippen LogP contribution in [0.25, 0.3) is 0 Å². The molecule has 0 N–H and O–H groups in total. The number of ether oxygens (including phenoxy) is 2. The van der Waals surface area contributed by atoms with Gasteiger partial charge in [0.2, 0.25) is 0 Å². The molecule has 0 saturated carbocycles. The summed E-state index contributed by atoms with van der Waals surface area (Å²) in [6, 6.07) is 15.2. The Morgan fingerprint density at radius 1 is 1.10 bits per heavy atom. The number of hydrogen-bond donors (Lipinski definition) is 0. The zero-order valence-electron chi connectivity index (χ0n) is 12.2. The van der Waals surface area contributed by atoms with Crippen LogP contribution in [0.15, 0.2) is 53.4 Å². The molecule has 3 nitrogen and oxygen atoms in total. The normalized spacial score (nSPS) is 10.2. The largest absolute Gasteiger partial charge is 0.497 e. The highest BCUT2D eigenvalue weighted by Crippen LogP contribution is 2.22. The van der Waals surface area contributed by atoms with E-state index in [-0.39, 0.29) is 5.78 Å². The van der Waals surface area contributed by atoms with Crippen LogP contribution in [-0.2, 0) is 0 Å². The van der Waals surface area contributed by atoms with Gasteiger partial charge in [-0.3, -0.25) is 4.79 Å². The maximum Gasteiger partial charge on any atom is 0.163 e. The number of hydrogen-bond acceptors (Lipinski definition) is 4. The van der Waals surface area contributed by atoms with Gasteiger partial charge in [-0.25, -0.2) is 0 Å². The summed E-state index contributed by atoms with van der Waals surface area (Å²) in [5, 5.41) is 0. The maximum absolute atomic E-state index is 11.5. The lowest BCUT2D eigenvalue weighted by Gasteiger charge is -2.09. The number of thioether (sulfide) groups is 1. The Hall–Kier alpha value is -1.94. The lowest BCUT2D eigenvalue weighted by Crippen LogP contribution is -2.04. The molecule has 2 rings (SSSR count). The van der Waals surface area contributed by atoms with Crippen molar-refractivity contribution in [1.82, 2.24) is 0 Å². The van der Waals surface area contributed by atoms with E-state index in [2.05, 4.69) is 0 Å². The van der Waals surface area contributed by atoms with Crippen LogP contribution in [0.5, 0.6) is 11.5 Å². The van der Waals surface area contributed by atoms with Crippen molar-refractivity contribution in [3.8, 4) is 11.5 Å². The quantitative estimate of drug-likeness (QED) is 0.439. The summed E-state index contributed by atoms with van der Waals surface area (Å²) in [5.74, 6) is 2.35. The first-order valence-electron chi connectivity index (χ1n) is 6.70. The first-order valence-corrected chi connectivity index (χ1v) is 7.69. The van der Waals surface area contributed by atoms with E-state index in [1.165, 1.54) is 4.90 Å². The second kappa shape index (κ2) is 7.74. The molecule has 0 fully saturated rings. The number of Topliss-reactive ketones (excluding diaryl/α,β-unsaturated/α-hetero) is 1. The second-order valence-corrected chi connectivity index (χ2v) is 5.59. The third-order valence-corrected chi connectivity index (χ3v) is 3.91. The predicted octanol–water partition coefficient (Wildman–Crippen LogP) is 4.07. The monoisotopic (exact) mass is 302 g/mol. The molecule has 0 aliphatic heterocycles. The molecule has 0 unspecified atom stereocenters. The molecule has 0 amide bonds. The van der Waals surface area contributed by atoms with Crippen molar-refractivity contribution >= 4 is 17.5 Å². The van der Waals surface area contributed by atoms with Crippen molar-refractivity contribution in [1.29, 1.82) is 0 Å². The fourth-order valence-electron chi connectivity index (χ4n) is 1.87. The lowest BCUT2D eigenvalue weighted by molar-refractivity contribution is 0.101. The van der Waals surface area contributed by atoms with Crippen LogP contribution in [0.4, 0.5) is 0 Å². The number of carbonyl (C=O) groups excluding carboxylic acids is 1. The van der Waals surface area contributed by atoms with Crippen LogP contribution in [0.1, 0.15) is 17.3 Å². The maximum atomic E-state index is 11.5. The Kier molecular flexibility index (Phi) is 5.69. The molecule has 0 atom stereocenters. The van der Waals surface area contributed by atoms with Crippen LogP contribution in [0.2, 0.25) is 0 Å². The SMILES string of the molecule is COc1ccc(SCCOc2ccccc2C(C)=O)cc1. The molecule has 0 spiro atoms. The molecule has 21 heavy (non-hydrogen) atoms. The van der Waals surface area contributed by atoms with Gasteiger partial charge >= 0.3 is 0 Å². The number of ketones is 1. The number of para-hydroxylation sites is 1. The van der Waals surface area contributed by atoms with E-state index in [1.54, 1.807) is 31.9 Å². The minimum atomic E-state index is 0.0217. The molecule has 0 bridgehead atoms. The Bertz CT molecular complexity index is 593. The highest BCUT2D eigenvalue weighted by molar-refractivity contribution is 7.99. The summed E-state index contributed by atoms with van der Waals surface area (Å²) in [5.41, 5.74) is 0.631. The number of methoxy groups -OCH3 is 1. The molecule has 0 aliphatic rings. The van der Waals surface area contributed by atoms with Crippen LogP contribution in [0.3, 0.4) is 0 Å². The van der Waals surface area contributed by atoms with Gasteiger partial charge < -0.3 is 9.47 Å². The van der Waals surface area contributed by atoms with E-state index in [4.69, 9.17) is 9.47 Å². The van der Waals surface area contributed by atoms with Gasteiger partial charge in [-0.15, -0.1) is 11.8 Å². The average molecular weight is 302 g/mol. The minimum Gasteiger partial charge on any atom is -0.497 e. The molecule has 2 aromatic rings. The predicted molar refractivity (Wildman–Crippen MR) is 85.7 cm³/mol. The Morgan fingerprint density at radius 2 is 1.81 bits per heavy atom. The summed E-state index contributed by atoms with van der Waals surface area (Å²) in [6.45, 7) is 2.11. The molecule has 0 radical (unpaired) electrons. The van der Waals surface area contributed by atoms with E-state index in [0.29, 0.717) is 17.9 Å². The average Bonchev–Trinajstić information content (AvgIpc) is 2.52. The molecule has 4 heteroatoms. The molecule has 0 heterocycles. The van der Waals surface area contributed by atoms with Gasteiger partial charge in [0, 0.05) is 10.6 Å². The van der Waals surface area contributed by atoms with Gasteiger partial charge in [0.05, 0.1) is 19.3 Å². The fraction of sp³-hybridized carbons (Fsp3) is 0.235. The number of rotatable bonds is 7. The molecule has 0 saturated heterocycles.